The third-order valence-electron chi connectivity index (χ3n) is 7.07. The summed E-state index contributed by atoms with van der Waals surface area (Å²) in [5.41, 5.74) is 6.77. The van der Waals surface area contributed by atoms with E-state index in [2.05, 4.69) is 38.2 Å². The Balaban J connectivity index is 1.62. The van der Waals surface area contributed by atoms with Gasteiger partial charge in [0.1, 0.15) is 11.9 Å². The summed E-state index contributed by atoms with van der Waals surface area (Å²) in [5.74, 6) is -1.43. The van der Waals surface area contributed by atoms with E-state index < -0.39 is 29.6 Å². The van der Waals surface area contributed by atoms with E-state index in [0.717, 1.165) is 24.6 Å². The molecule has 1 unspecified atom stereocenters. The van der Waals surface area contributed by atoms with Crippen molar-refractivity contribution in [2.75, 3.05) is 22.5 Å². The summed E-state index contributed by atoms with van der Waals surface area (Å²) in [6, 6.07) is 14.7. The Kier molecular flexibility index (Phi) is 13.8. The third kappa shape index (κ3) is 11.8. The fourth-order valence-electron chi connectivity index (χ4n) is 4.48. The van der Waals surface area contributed by atoms with Gasteiger partial charge in [-0.2, -0.15) is 13.2 Å². The maximum atomic E-state index is 13.2. The van der Waals surface area contributed by atoms with Crippen molar-refractivity contribution in [3.63, 3.8) is 0 Å². The maximum Gasteiger partial charge on any atom is 0.416 e. The summed E-state index contributed by atoms with van der Waals surface area (Å²) >= 11 is 0. The molecule has 11 nitrogen and oxygen atoms in total. The molecule has 3 aromatic rings. The van der Waals surface area contributed by atoms with E-state index in [9.17, 15) is 32.3 Å². The molecule has 0 aliphatic rings. The molecule has 0 saturated heterocycles. The zero-order chi connectivity index (χ0) is 36.0. The van der Waals surface area contributed by atoms with E-state index in [4.69, 9.17) is 5.73 Å². The molecule has 0 bridgehead atoms. The number of benzene rings is 3. The third-order valence-corrected chi connectivity index (χ3v) is 7.07. The molecule has 0 aliphatic carbocycles. The van der Waals surface area contributed by atoms with Crippen LogP contribution in [0.2, 0.25) is 0 Å². The number of anilines is 3. The average molecular weight is 678 g/mol. The molecule has 3 rings (SSSR count). The van der Waals surface area contributed by atoms with Crippen molar-refractivity contribution in [1.82, 2.24) is 10.6 Å². The number of carbonyl (C=O) groups excluding carboxylic acids is 4. The van der Waals surface area contributed by atoms with Gasteiger partial charge in [0, 0.05) is 28.2 Å². The second kappa shape index (κ2) is 18.0. The molecule has 49 heavy (non-hydrogen) atoms. The van der Waals surface area contributed by atoms with Gasteiger partial charge in [-0.05, 0) is 93.7 Å². The van der Waals surface area contributed by atoms with Crippen LogP contribution in [0.25, 0.3) is 0 Å². The molecule has 4 amide bonds. The first-order chi connectivity index (χ1) is 23.3. The zero-order valence-corrected chi connectivity index (χ0v) is 27.0. The summed E-state index contributed by atoms with van der Waals surface area (Å²) in [6.07, 6.45) is 0.727. The summed E-state index contributed by atoms with van der Waals surface area (Å²) < 4.78 is 39.3. The Morgan fingerprint density at radius 2 is 1.61 bits per heavy atom. The highest BCUT2D eigenvalue weighted by Gasteiger charge is 2.31. The molecule has 3 aromatic carbocycles. The predicted octanol–water partition coefficient (Wildman–Crippen LogP) is 5.74. The van der Waals surface area contributed by atoms with Crippen molar-refractivity contribution in [3.05, 3.63) is 113 Å². The topological polar surface area (TPSA) is 167 Å². The number of nitrogens with one attached hydrogen (secondary N) is 5. The summed E-state index contributed by atoms with van der Waals surface area (Å²) in [5, 5.41) is 13.6. The zero-order valence-electron chi connectivity index (χ0n) is 27.0. The summed E-state index contributed by atoms with van der Waals surface area (Å²) in [6.45, 7) is 7.75. The Hall–Kier alpha value is -5.76. The summed E-state index contributed by atoms with van der Waals surface area (Å²) in [4.78, 5) is 53.8. The number of aryl methyl sites for hydroxylation is 1. The van der Waals surface area contributed by atoms with Crippen molar-refractivity contribution in [2.24, 2.45) is 10.7 Å². The molecular formula is C35H38F3N7O4. The van der Waals surface area contributed by atoms with Crippen molar-refractivity contribution in [3.8, 4) is 0 Å². The molecule has 7 N–H and O–H groups in total. The van der Waals surface area contributed by atoms with Gasteiger partial charge >= 0.3 is 6.18 Å². The van der Waals surface area contributed by atoms with E-state index >= 15 is 0 Å². The number of aliphatic imine (C=N–C) groups is 1. The molecule has 1 atom stereocenters. The van der Waals surface area contributed by atoms with Crippen molar-refractivity contribution in [1.29, 1.82) is 0 Å². The second-order valence-corrected chi connectivity index (χ2v) is 10.8. The lowest BCUT2D eigenvalue weighted by molar-refractivity contribution is -0.137. The average Bonchev–Trinajstić information content (AvgIpc) is 3.06. The van der Waals surface area contributed by atoms with E-state index in [-0.39, 0.29) is 28.5 Å². The smallest absolute Gasteiger partial charge is 0.347 e. The maximum absolute atomic E-state index is 13.2. The quantitative estimate of drug-likeness (QED) is 0.0643. The van der Waals surface area contributed by atoms with Gasteiger partial charge in [0.05, 0.1) is 17.5 Å². The Labute approximate surface area is 281 Å². The predicted molar refractivity (Wildman–Crippen MR) is 184 cm³/mol. The molecule has 0 heterocycles. The van der Waals surface area contributed by atoms with Crippen LogP contribution in [-0.2, 0) is 15.8 Å². The first kappa shape index (κ1) is 37.7. The number of alkyl halides is 3. The van der Waals surface area contributed by atoms with E-state index in [1.165, 1.54) is 24.4 Å². The molecule has 0 aromatic heterocycles. The monoisotopic (exact) mass is 677 g/mol. The second-order valence-electron chi connectivity index (χ2n) is 10.8. The molecule has 14 heteroatoms. The fraction of sp³-hybridized carbons (Fsp3) is 0.229. The van der Waals surface area contributed by atoms with Crippen molar-refractivity contribution < 1.29 is 32.3 Å². The normalized spacial score (nSPS) is 12.2. The fourth-order valence-corrected chi connectivity index (χ4v) is 4.48. The first-order valence-electron chi connectivity index (χ1n) is 15.2. The largest absolute Gasteiger partial charge is 0.416 e. The number of rotatable bonds is 16. The van der Waals surface area contributed by atoms with Crippen LogP contribution in [0.3, 0.4) is 0 Å². The van der Waals surface area contributed by atoms with Gasteiger partial charge in [-0.3, -0.25) is 19.2 Å². The van der Waals surface area contributed by atoms with Gasteiger partial charge in [-0.15, -0.1) is 0 Å². The molecule has 0 spiro atoms. The van der Waals surface area contributed by atoms with Crippen molar-refractivity contribution in [2.45, 2.75) is 45.3 Å². The minimum Gasteiger partial charge on any atom is -0.347 e. The van der Waals surface area contributed by atoms with Crippen LogP contribution in [0.5, 0.6) is 0 Å². The molecule has 258 valence electrons. The van der Waals surface area contributed by atoms with Gasteiger partial charge in [-0.25, -0.2) is 4.99 Å². The number of carbonyl (C=O) groups is 4. The van der Waals surface area contributed by atoms with Crippen LogP contribution in [0.1, 0.15) is 58.0 Å². The van der Waals surface area contributed by atoms with E-state index in [1.807, 2.05) is 0 Å². The van der Waals surface area contributed by atoms with E-state index in [0.29, 0.717) is 48.4 Å². The summed E-state index contributed by atoms with van der Waals surface area (Å²) in [7, 11) is 0. The molecule has 0 saturated carbocycles. The minimum absolute atomic E-state index is 0.186. The van der Waals surface area contributed by atoms with Crippen LogP contribution in [0.4, 0.5) is 30.2 Å². The highest BCUT2D eigenvalue weighted by Crippen LogP contribution is 2.30. The lowest BCUT2D eigenvalue weighted by Crippen LogP contribution is -2.39. The Morgan fingerprint density at radius 1 is 0.918 bits per heavy atom. The lowest BCUT2D eigenvalue weighted by Gasteiger charge is -2.16. The molecule has 0 fully saturated rings. The van der Waals surface area contributed by atoms with Crippen molar-refractivity contribution >= 4 is 47.4 Å². The number of hydrogen-bond acceptors (Lipinski definition) is 7. The Bertz CT molecular complexity index is 1740. The van der Waals surface area contributed by atoms with Crippen LogP contribution < -0.4 is 32.3 Å². The first-order valence-corrected chi connectivity index (χ1v) is 15.2. The minimum atomic E-state index is -4.60. The lowest BCUT2D eigenvalue weighted by atomic mass is 10.1. The number of halogens is 3. The number of amides is 4. The standard InChI is InChI=1S/C35H38F3N7O4/c1-4-26(20-40-23(3)42-27-11-8-12-28(18-27)45-34(49)31(41-21-46)13-5-6-16-39)43-33(48)30-19-29(15-14-22(30)2)44-32(47)24-9-7-10-25(17-24)35(36,37)38/h4,7-12,14-15,17-21,31,42H,3,5-6,13,16,39H2,1-2H3,(H,41,46)(H,43,48)(H,44,47)(H,45,49)/b26-4+,40-20-. The SMILES string of the molecule is C=C(/N=C\C(=C/C)NC(=O)c1cc(NC(=O)c2cccc(C(F)(F)F)c2)ccc1C)Nc1cccc(NC(=O)C(CCCCN)NC=O)c1. The molecule has 0 radical (unpaired) electrons. The van der Waals surface area contributed by atoms with Crippen LogP contribution in [0.15, 0.2) is 95.9 Å². The number of unbranched alkanes of at least 4 members (excludes halogenated alkanes) is 1. The van der Waals surface area contributed by atoms with Crippen LogP contribution in [0, 0.1) is 6.92 Å². The van der Waals surface area contributed by atoms with Gasteiger partial charge in [-0.1, -0.05) is 30.9 Å². The molecular weight excluding hydrogens is 639 g/mol. The highest BCUT2D eigenvalue weighted by molar-refractivity contribution is 6.06. The van der Waals surface area contributed by atoms with Gasteiger partial charge in [0.15, 0.2) is 0 Å². The number of nitrogens with two attached hydrogens (primary N) is 1. The van der Waals surface area contributed by atoms with Crippen LogP contribution in [-0.4, -0.2) is 42.9 Å². The van der Waals surface area contributed by atoms with Crippen LogP contribution >= 0.6 is 0 Å². The van der Waals surface area contributed by atoms with Gasteiger partial charge in [0.2, 0.25) is 12.3 Å². The Morgan fingerprint density at radius 3 is 2.29 bits per heavy atom. The molecule has 0 aliphatic heterocycles. The van der Waals surface area contributed by atoms with Gasteiger partial charge in [0.25, 0.3) is 11.8 Å². The van der Waals surface area contributed by atoms with Gasteiger partial charge < -0.3 is 32.3 Å². The number of hydrogen-bond donors (Lipinski definition) is 6. The number of nitrogens with zero attached hydrogens (tertiary/aromatic N) is 1. The highest BCUT2D eigenvalue weighted by atomic mass is 19.4. The van der Waals surface area contributed by atoms with E-state index in [1.54, 1.807) is 50.3 Å². The number of allylic oxidation sites excluding steroid dienone is 2.